The molecule has 0 atom stereocenters. The Hall–Kier alpha value is -1.15. The van der Waals surface area contributed by atoms with Gasteiger partial charge in [-0.3, -0.25) is 10.1 Å². The van der Waals surface area contributed by atoms with Crippen molar-refractivity contribution in [1.82, 2.24) is 0 Å². The monoisotopic (exact) mass is 362 g/mol. The second-order valence-corrected chi connectivity index (χ2v) is 5.10. The van der Waals surface area contributed by atoms with E-state index in [2.05, 4.69) is 11.9 Å². The van der Waals surface area contributed by atoms with E-state index in [4.69, 9.17) is 4.74 Å². The first-order chi connectivity index (χ1) is 8.50. The van der Waals surface area contributed by atoms with E-state index in [9.17, 15) is 10.1 Å². The van der Waals surface area contributed by atoms with Crippen LogP contribution in [0, 0.1) is 13.7 Å². The molecule has 0 saturated heterocycles. The minimum Gasteiger partial charge on any atom is -0.377 e. The van der Waals surface area contributed by atoms with Crippen LogP contribution >= 0.6 is 22.6 Å². The fourth-order valence-electron chi connectivity index (χ4n) is 1.31. The number of anilines is 1. The van der Waals surface area contributed by atoms with Crippen LogP contribution in [0.25, 0.3) is 0 Å². The van der Waals surface area contributed by atoms with Crippen molar-refractivity contribution in [3.63, 3.8) is 0 Å². The van der Waals surface area contributed by atoms with Gasteiger partial charge in [-0.2, -0.15) is 0 Å². The van der Waals surface area contributed by atoms with Crippen LogP contribution in [0.5, 0.6) is 0 Å². The third kappa shape index (κ3) is 5.01. The quantitative estimate of drug-likeness (QED) is 0.266. The highest BCUT2D eigenvalue weighted by molar-refractivity contribution is 14.1. The molecule has 0 saturated carbocycles. The third-order valence-electron chi connectivity index (χ3n) is 2.07. The van der Waals surface area contributed by atoms with E-state index < -0.39 is 0 Å². The van der Waals surface area contributed by atoms with Crippen LogP contribution in [0.2, 0.25) is 0 Å². The van der Waals surface area contributed by atoms with Crippen LogP contribution < -0.4 is 5.32 Å². The van der Waals surface area contributed by atoms with Gasteiger partial charge in [0.1, 0.15) is 5.69 Å². The molecule has 0 radical (unpaired) electrons. The molecule has 5 nitrogen and oxygen atoms in total. The fourth-order valence-corrected chi connectivity index (χ4v) is 1.78. The molecule has 1 aromatic rings. The molecule has 1 N–H and O–H groups in total. The largest absolute Gasteiger partial charge is 0.377 e. The zero-order chi connectivity index (χ0) is 13.5. The van der Waals surface area contributed by atoms with Crippen molar-refractivity contribution in [2.45, 2.75) is 6.92 Å². The van der Waals surface area contributed by atoms with Crippen molar-refractivity contribution in [1.29, 1.82) is 0 Å². The molecule has 18 heavy (non-hydrogen) atoms. The molecule has 0 unspecified atom stereocenters. The maximum absolute atomic E-state index is 10.9. The number of nitro benzene ring substituents is 1. The van der Waals surface area contributed by atoms with Gasteiger partial charge >= 0.3 is 0 Å². The number of hydrogen-bond donors (Lipinski definition) is 1. The molecule has 6 heteroatoms. The molecule has 0 bridgehead atoms. The number of hydrogen-bond acceptors (Lipinski definition) is 4. The van der Waals surface area contributed by atoms with Gasteiger partial charge in [0.15, 0.2) is 0 Å². The number of nitro groups is 1. The lowest BCUT2D eigenvalue weighted by molar-refractivity contribution is -0.384. The lowest BCUT2D eigenvalue weighted by Crippen LogP contribution is -2.11. The zero-order valence-corrected chi connectivity index (χ0v) is 12.3. The third-order valence-corrected chi connectivity index (χ3v) is 2.74. The molecule has 0 aliphatic heterocycles. The van der Waals surface area contributed by atoms with E-state index in [-0.39, 0.29) is 10.6 Å². The summed E-state index contributed by atoms with van der Waals surface area (Å²) in [5, 5.41) is 13.9. The Labute approximate surface area is 120 Å². The number of nitrogens with zero attached hydrogens (tertiary/aromatic N) is 1. The van der Waals surface area contributed by atoms with E-state index in [0.29, 0.717) is 25.4 Å². The maximum atomic E-state index is 10.9. The Morgan fingerprint density at radius 1 is 1.61 bits per heavy atom. The Morgan fingerprint density at radius 3 is 2.94 bits per heavy atom. The van der Waals surface area contributed by atoms with Crippen LogP contribution in [0.1, 0.15) is 6.92 Å². The van der Waals surface area contributed by atoms with E-state index in [1.54, 1.807) is 6.07 Å². The van der Waals surface area contributed by atoms with E-state index in [0.717, 1.165) is 9.14 Å². The average molecular weight is 362 g/mol. The zero-order valence-electron chi connectivity index (χ0n) is 10.1. The van der Waals surface area contributed by atoms with Crippen LogP contribution in [-0.4, -0.2) is 24.7 Å². The first-order valence-electron chi connectivity index (χ1n) is 5.40. The fraction of sp³-hybridized carbons (Fsp3) is 0.333. The Balaban J connectivity index is 2.51. The molecule has 0 amide bonds. The van der Waals surface area contributed by atoms with Gasteiger partial charge in [0.05, 0.1) is 18.1 Å². The second kappa shape index (κ2) is 7.32. The lowest BCUT2D eigenvalue weighted by atomic mass is 10.2. The summed E-state index contributed by atoms with van der Waals surface area (Å²) in [6.45, 7) is 7.12. The summed E-state index contributed by atoms with van der Waals surface area (Å²) >= 11 is 2.05. The van der Waals surface area contributed by atoms with Gasteiger partial charge in [0.25, 0.3) is 5.69 Å². The average Bonchev–Trinajstić information content (AvgIpc) is 2.29. The molecular formula is C12H15IN2O3. The van der Waals surface area contributed by atoms with Crippen molar-refractivity contribution in [3.8, 4) is 0 Å². The van der Waals surface area contributed by atoms with Crippen molar-refractivity contribution < 1.29 is 9.66 Å². The normalized spacial score (nSPS) is 10.1. The lowest BCUT2D eigenvalue weighted by Gasteiger charge is -2.08. The highest BCUT2D eigenvalue weighted by Gasteiger charge is 2.13. The molecular weight excluding hydrogens is 347 g/mol. The van der Waals surface area contributed by atoms with Crippen LogP contribution in [0.15, 0.2) is 30.4 Å². The van der Waals surface area contributed by atoms with Crippen LogP contribution in [-0.2, 0) is 4.74 Å². The molecule has 0 fully saturated rings. The number of nitrogens with one attached hydrogen (secondary N) is 1. The molecule has 0 spiro atoms. The summed E-state index contributed by atoms with van der Waals surface area (Å²) < 4.78 is 6.14. The van der Waals surface area contributed by atoms with E-state index in [1.165, 1.54) is 6.07 Å². The maximum Gasteiger partial charge on any atom is 0.293 e. The van der Waals surface area contributed by atoms with Crippen molar-refractivity contribution >= 4 is 34.0 Å². The van der Waals surface area contributed by atoms with Gasteiger partial charge in [-0.05, 0) is 41.6 Å². The van der Waals surface area contributed by atoms with Gasteiger partial charge in [0.2, 0.25) is 0 Å². The molecule has 1 rings (SSSR count). The van der Waals surface area contributed by atoms with Crippen molar-refractivity contribution in [2.24, 2.45) is 0 Å². The molecule has 0 aromatic heterocycles. The summed E-state index contributed by atoms with van der Waals surface area (Å²) in [6.07, 6.45) is 0. The Morgan fingerprint density at radius 2 is 2.33 bits per heavy atom. The number of ether oxygens (including phenoxy) is 1. The summed E-state index contributed by atoms with van der Waals surface area (Å²) in [6, 6.07) is 5.07. The first kappa shape index (κ1) is 14.9. The molecule has 0 heterocycles. The first-order valence-corrected chi connectivity index (χ1v) is 6.48. The summed E-state index contributed by atoms with van der Waals surface area (Å²) in [5.41, 5.74) is 1.55. The van der Waals surface area contributed by atoms with Gasteiger partial charge in [-0.1, -0.05) is 12.2 Å². The van der Waals surface area contributed by atoms with Crippen LogP contribution in [0.4, 0.5) is 11.4 Å². The van der Waals surface area contributed by atoms with Crippen LogP contribution in [0.3, 0.4) is 0 Å². The van der Waals surface area contributed by atoms with E-state index in [1.807, 2.05) is 35.6 Å². The van der Waals surface area contributed by atoms with Gasteiger partial charge in [0, 0.05) is 16.2 Å². The van der Waals surface area contributed by atoms with Crippen molar-refractivity contribution in [2.75, 3.05) is 25.1 Å². The minimum atomic E-state index is -0.390. The predicted molar refractivity (Wildman–Crippen MR) is 79.9 cm³/mol. The standard InChI is InChI=1S/C12H15IN2O3/c1-9(2)8-18-6-5-14-11-4-3-10(13)7-12(11)15(16)17/h3-4,7,14H,1,5-6,8H2,2H3. The number of halogens is 1. The highest BCUT2D eigenvalue weighted by atomic mass is 127. The van der Waals surface area contributed by atoms with Gasteiger partial charge in [-0.15, -0.1) is 0 Å². The summed E-state index contributed by atoms with van der Waals surface area (Å²) in [5.74, 6) is 0. The predicted octanol–water partition coefficient (Wildman–Crippen LogP) is 3.20. The SMILES string of the molecule is C=C(C)COCCNc1ccc(I)cc1[N+](=O)[O-]. The smallest absolute Gasteiger partial charge is 0.293 e. The van der Waals surface area contributed by atoms with Gasteiger partial charge < -0.3 is 10.1 Å². The highest BCUT2D eigenvalue weighted by Crippen LogP contribution is 2.25. The molecule has 0 aliphatic carbocycles. The summed E-state index contributed by atoms with van der Waals surface area (Å²) in [7, 11) is 0. The number of rotatable bonds is 7. The molecule has 1 aromatic carbocycles. The molecule has 98 valence electrons. The van der Waals surface area contributed by atoms with E-state index >= 15 is 0 Å². The van der Waals surface area contributed by atoms with Gasteiger partial charge in [-0.25, -0.2) is 0 Å². The minimum absolute atomic E-state index is 0.0850. The second-order valence-electron chi connectivity index (χ2n) is 3.86. The Bertz CT molecular complexity index is 449. The number of benzene rings is 1. The topological polar surface area (TPSA) is 64.4 Å². The summed E-state index contributed by atoms with van der Waals surface area (Å²) in [4.78, 5) is 10.5. The molecule has 0 aliphatic rings. The Kier molecular flexibility index (Phi) is 6.06. The van der Waals surface area contributed by atoms with Crippen molar-refractivity contribution in [3.05, 3.63) is 44.0 Å².